The first-order chi connectivity index (χ1) is 13.6. The van der Waals surface area contributed by atoms with E-state index < -0.39 is 6.10 Å². The second-order valence-electron chi connectivity index (χ2n) is 7.04. The molecular formula is C24H27FNO2+. The maximum absolute atomic E-state index is 12.9. The highest BCUT2D eigenvalue weighted by molar-refractivity contribution is 5.31. The molecule has 0 aromatic heterocycles. The number of quaternary nitrogens is 1. The molecule has 3 aromatic rings. The molecular weight excluding hydrogens is 353 g/mol. The first-order valence-electron chi connectivity index (χ1n) is 9.59. The number of aliphatic hydroxyl groups excluding tert-OH is 1. The summed E-state index contributed by atoms with van der Waals surface area (Å²) >= 11 is 0. The standard InChI is InChI=1S/C24H26FNO2/c1-18-7-11-21(12-8-18)24(20-5-3-2-4-6-20)28-17-23(27)16-26-15-19-9-13-22(25)14-10-19/h2-14,23-24,26-27H,15-17H2,1H3/p+1/t23-,24-/m0/s1. The van der Waals surface area contributed by atoms with Crippen molar-refractivity contribution in [2.24, 2.45) is 0 Å². The van der Waals surface area contributed by atoms with Gasteiger partial charge < -0.3 is 15.2 Å². The van der Waals surface area contributed by atoms with E-state index in [-0.39, 0.29) is 18.5 Å². The molecule has 0 saturated carbocycles. The molecule has 0 aliphatic carbocycles. The van der Waals surface area contributed by atoms with Crippen molar-refractivity contribution in [2.45, 2.75) is 25.7 Å². The Hall–Kier alpha value is -2.53. The van der Waals surface area contributed by atoms with Gasteiger partial charge in [-0.25, -0.2) is 4.39 Å². The molecule has 28 heavy (non-hydrogen) atoms. The van der Waals surface area contributed by atoms with Crippen molar-refractivity contribution >= 4 is 0 Å². The molecule has 0 aliphatic heterocycles. The Morgan fingerprint density at radius 2 is 1.54 bits per heavy atom. The van der Waals surface area contributed by atoms with Crippen molar-refractivity contribution in [1.82, 2.24) is 0 Å². The monoisotopic (exact) mass is 380 g/mol. The fraction of sp³-hybridized carbons (Fsp3) is 0.250. The van der Waals surface area contributed by atoms with E-state index >= 15 is 0 Å². The van der Waals surface area contributed by atoms with Gasteiger partial charge in [-0.15, -0.1) is 0 Å². The van der Waals surface area contributed by atoms with Crippen LogP contribution < -0.4 is 5.32 Å². The van der Waals surface area contributed by atoms with Crippen LogP contribution in [0.2, 0.25) is 0 Å². The SMILES string of the molecule is Cc1ccc([C@@H](OC[C@@H](O)C[NH2+]Cc2ccc(F)cc2)c2ccccc2)cc1. The summed E-state index contributed by atoms with van der Waals surface area (Å²) in [5.41, 5.74) is 4.36. The Bertz CT molecular complexity index is 835. The molecule has 3 rings (SSSR count). The van der Waals surface area contributed by atoms with Crippen molar-refractivity contribution in [2.75, 3.05) is 13.2 Å². The summed E-state index contributed by atoms with van der Waals surface area (Å²) in [6.45, 7) is 3.51. The van der Waals surface area contributed by atoms with Crippen LogP contribution >= 0.6 is 0 Å². The zero-order valence-electron chi connectivity index (χ0n) is 16.1. The lowest BCUT2D eigenvalue weighted by Crippen LogP contribution is -2.85. The Kier molecular flexibility index (Phi) is 7.31. The van der Waals surface area contributed by atoms with Gasteiger partial charge in [0, 0.05) is 5.56 Å². The van der Waals surface area contributed by atoms with E-state index in [0.717, 1.165) is 16.7 Å². The zero-order chi connectivity index (χ0) is 19.8. The summed E-state index contributed by atoms with van der Waals surface area (Å²) in [7, 11) is 0. The zero-order valence-corrected chi connectivity index (χ0v) is 16.1. The van der Waals surface area contributed by atoms with Gasteiger partial charge in [-0.3, -0.25) is 0 Å². The van der Waals surface area contributed by atoms with Crippen molar-refractivity contribution < 1.29 is 19.6 Å². The molecule has 0 fully saturated rings. The molecule has 3 aromatic carbocycles. The Balaban J connectivity index is 1.55. The summed E-state index contributed by atoms with van der Waals surface area (Å²) in [6, 6.07) is 24.8. The van der Waals surface area contributed by atoms with E-state index in [2.05, 4.69) is 31.2 Å². The summed E-state index contributed by atoms with van der Waals surface area (Å²) in [5, 5.41) is 12.3. The molecule has 0 spiro atoms. The molecule has 0 radical (unpaired) electrons. The van der Waals surface area contributed by atoms with Crippen LogP contribution in [0.5, 0.6) is 0 Å². The lowest BCUT2D eigenvalue weighted by molar-refractivity contribution is -0.676. The van der Waals surface area contributed by atoms with E-state index in [9.17, 15) is 9.50 Å². The molecule has 0 saturated heterocycles. The second-order valence-corrected chi connectivity index (χ2v) is 7.04. The number of aliphatic hydroxyl groups is 1. The van der Waals surface area contributed by atoms with Crippen molar-refractivity contribution in [3.63, 3.8) is 0 Å². The highest BCUT2D eigenvalue weighted by Crippen LogP contribution is 2.26. The van der Waals surface area contributed by atoms with Crippen molar-refractivity contribution in [1.29, 1.82) is 0 Å². The predicted molar refractivity (Wildman–Crippen MR) is 108 cm³/mol. The van der Waals surface area contributed by atoms with Crippen LogP contribution in [-0.2, 0) is 11.3 Å². The minimum Gasteiger partial charge on any atom is -0.385 e. The fourth-order valence-electron chi connectivity index (χ4n) is 3.09. The third-order valence-corrected chi connectivity index (χ3v) is 4.67. The van der Waals surface area contributed by atoms with Gasteiger partial charge in [-0.05, 0) is 30.2 Å². The van der Waals surface area contributed by atoms with Crippen molar-refractivity contribution in [3.8, 4) is 0 Å². The maximum atomic E-state index is 12.9. The fourth-order valence-corrected chi connectivity index (χ4v) is 3.09. The number of ether oxygens (including phenoxy) is 1. The van der Waals surface area contributed by atoms with Gasteiger partial charge in [0.2, 0.25) is 0 Å². The molecule has 3 N–H and O–H groups in total. The van der Waals surface area contributed by atoms with Crippen LogP contribution in [-0.4, -0.2) is 24.4 Å². The summed E-state index contributed by atoms with van der Waals surface area (Å²) < 4.78 is 19.1. The summed E-state index contributed by atoms with van der Waals surface area (Å²) in [4.78, 5) is 0. The molecule has 0 amide bonds. The summed E-state index contributed by atoms with van der Waals surface area (Å²) in [5.74, 6) is -0.236. The molecule has 0 heterocycles. The average molecular weight is 380 g/mol. The molecule has 3 nitrogen and oxygen atoms in total. The van der Waals surface area contributed by atoms with E-state index in [1.54, 1.807) is 12.1 Å². The molecule has 0 aliphatic rings. The van der Waals surface area contributed by atoms with Gasteiger partial charge in [0.25, 0.3) is 0 Å². The van der Waals surface area contributed by atoms with Crippen LogP contribution in [0, 0.1) is 12.7 Å². The maximum Gasteiger partial charge on any atom is 0.126 e. The van der Waals surface area contributed by atoms with Crippen LogP contribution in [0.15, 0.2) is 78.9 Å². The molecule has 146 valence electrons. The molecule has 4 heteroatoms. The van der Waals surface area contributed by atoms with Gasteiger partial charge in [0.1, 0.15) is 31.1 Å². The number of halogens is 1. The van der Waals surface area contributed by atoms with Gasteiger partial charge in [-0.2, -0.15) is 0 Å². The Morgan fingerprint density at radius 3 is 2.21 bits per heavy atom. The van der Waals surface area contributed by atoms with Gasteiger partial charge in [0.05, 0.1) is 6.61 Å². The highest BCUT2D eigenvalue weighted by Gasteiger charge is 2.17. The van der Waals surface area contributed by atoms with E-state index in [0.29, 0.717) is 13.1 Å². The Morgan fingerprint density at radius 1 is 0.893 bits per heavy atom. The average Bonchev–Trinajstić information content (AvgIpc) is 2.72. The predicted octanol–water partition coefficient (Wildman–Crippen LogP) is 3.36. The number of benzene rings is 3. The second kappa shape index (κ2) is 10.1. The minimum absolute atomic E-state index is 0.214. The minimum atomic E-state index is -0.586. The van der Waals surface area contributed by atoms with Crippen LogP contribution in [0.4, 0.5) is 4.39 Å². The number of hydrogen-bond donors (Lipinski definition) is 2. The largest absolute Gasteiger partial charge is 0.385 e. The van der Waals surface area contributed by atoms with Gasteiger partial charge >= 0.3 is 0 Å². The smallest absolute Gasteiger partial charge is 0.126 e. The lowest BCUT2D eigenvalue weighted by Gasteiger charge is -2.21. The molecule has 2 atom stereocenters. The third-order valence-electron chi connectivity index (χ3n) is 4.67. The van der Waals surface area contributed by atoms with Gasteiger partial charge in [-0.1, -0.05) is 72.3 Å². The van der Waals surface area contributed by atoms with E-state index in [4.69, 9.17) is 4.74 Å². The lowest BCUT2D eigenvalue weighted by atomic mass is 10.0. The third kappa shape index (κ3) is 5.99. The Labute approximate surface area is 165 Å². The number of nitrogens with two attached hydrogens (primary N) is 1. The first-order valence-corrected chi connectivity index (χ1v) is 9.59. The number of hydrogen-bond acceptors (Lipinski definition) is 2. The highest BCUT2D eigenvalue weighted by atomic mass is 19.1. The molecule has 0 unspecified atom stereocenters. The summed E-state index contributed by atoms with van der Waals surface area (Å²) in [6.07, 6.45) is -0.800. The normalized spacial score (nSPS) is 13.2. The first kappa shape index (κ1) is 20.2. The quantitative estimate of drug-likeness (QED) is 0.598. The van der Waals surface area contributed by atoms with Crippen molar-refractivity contribution in [3.05, 3.63) is 107 Å². The van der Waals surface area contributed by atoms with Crippen LogP contribution in [0.1, 0.15) is 28.4 Å². The van der Waals surface area contributed by atoms with E-state index in [1.807, 2.05) is 35.6 Å². The van der Waals surface area contributed by atoms with E-state index in [1.165, 1.54) is 17.7 Å². The number of aryl methyl sites for hydroxylation is 1. The topological polar surface area (TPSA) is 46.1 Å². The molecule has 0 bridgehead atoms. The van der Waals surface area contributed by atoms with Crippen LogP contribution in [0.25, 0.3) is 0 Å². The van der Waals surface area contributed by atoms with Gasteiger partial charge in [0.15, 0.2) is 0 Å². The van der Waals surface area contributed by atoms with Crippen LogP contribution in [0.3, 0.4) is 0 Å². The number of rotatable bonds is 9.